The molecule has 0 fully saturated rings. The first kappa shape index (κ1) is 16.1. The van der Waals surface area contributed by atoms with E-state index in [1.165, 1.54) is 27.5 Å². The molecule has 0 amide bonds. The lowest BCUT2D eigenvalue weighted by molar-refractivity contribution is 0.475. The second-order valence-corrected chi connectivity index (χ2v) is 8.63. The summed E-state index contributed by atoms with van der Waals surface area (Å²) in [5, 5.41) is 0.919. The van der Waals surface area contributed by atoms with Crippen LogP contribution >= 0.6 is 11.3 Å². The number of hydrogen-bond donors (Lipinski definition) is 0. The van der Waals surface area contributed by atoms with Gasteiger partial charge in [0.1, 0.15) is 5.01 Å². The van der Waals surface area contributed by atoms with Gasteiger partial charge < -0.3 is 0 Å². The third kappa shape index (κ3) is 4.12. The lowest BCUT2D eigenvalue weighted by atomic mass is 10.0. The van der Waals surface area contributed by atoms with Crippen LogP contribution in [0.25, 0.3) is 10.6 Å². The monoisotopic (exact) mass is 324 g/mol. The SMILES string of the molecule is CC(C)c1ccc(-c2ncc(CN(C)S(C)(=O)=O)s2)cc1. The highest BCUT2D eigenvalue weighted by Gasteiger charge is 2.13. The molecular formula is C15H20N2O2S2. The van der Waals surface area contributed by atoms with E-state index < -0.39 is 10.0 Å². The molecule has 114 valence electrons. The second-order valence-electron chi connectivity index (χ2n) is 5.43. The van der Waals surface area contributed by atoms with Crippen molar-refractivity contribution in [1.29, 1.82) is 0 Å². The molecule has 0 N–H and O–H groups in total. The number of sulfonamides is 1. The first-order valence-corrected chi connectivity index (χ1v) is 9.40. The number of benzene rings is 1. The van der Waals surface area contributed by atoms with Crippen LogP contribution < -0.4 is 0 Å². The molecule has 0 bridgehead atoms. The van der Waals surface area contributed by atoms with E-state index in [4.69, 9.17) is 0 Å². The van der Waals surface area contributed by atoms with E-state index in [1.807, 2.05) is 0 Å². The van der Waals surface area contributed by atoms with Gasteiger partial charge in [-0.2, -0.15) is 4.31 Å². The largest absolute Gasteiger partial charge is 0.244 e. The Morgan fingerprint density at radius 2 is 1.86 bits per heavy atom. The molecule has 1 aromatic carbocycles. The number of rotatable bonds is 5. The van der Waals surface area contributed by atoms with Gasteiger partial charge in [-0.25, -0.2) is 13.4 Å². The van der Waals surface area contributed by atoms with Gasteiger partial charge in [-0.15, -0.1) is 11.3 Å². The summed E-state index contributed by atoms with van der Waals surface area (Å²) in [6.07, 6.45) is 2.96. The van der Waals surface area contributed by atoms with E-state index in [2.05, 4.69) is 43.1 Å². The minimum atomic E-state index is -3.16. The fraction of sp³-hybridized carbons (Fsp3) is 0.400. The molecular weight excluding hydrogens is 304 g/mol. The first-order chi connectivity index (χ1) is 9.77. The summed E-state index contributed by atoms with van der Waals surface area (Å²) in [5.74, 6) is 0.509. The zero-order valence-corrected chi connectivity index (χ0v) is 14.3. The summed E-state index contributed by atoms with van der Waals surface area (Å²) in [4.78, 5) is 5.33. The van der Waals surface area contributed by atoms with Crippen LogP contribution in [0.3, 0.4) is 0 Å². The van der Waals surface area contributed by atoms with Gasteiger partial charge in [-0.3, -0.25) is 0 Å². The minimum absolute atomic E-state index is 0.362. The lowest BCUT2D eigenvalue weighted by Gasteiger charge is -2.11. The first-order valence-electron chi connectivity index (χ1n) is 6.73. The smallest absolute Gasteiger partial charge is 0.211 e. The molecule has 0 saturated carbocycles. The molecule has 4 nitrogen and oxygen atoms in total. The summed E-state index contributed by atoms with van der Waals surface area (Å²) in [6, 6.07) is 8.36. The quantitative estimate of drug-likeness (QED) is 0.847. The third-order valence-electron chi connectivity index (χ3n) is 3.32. The van der Waals surface area contributed by atoms with Crippen LogP contribution in [-0.2, 0) is 16.6 Å². The van der Waals surface area contributed by atoms with Gasteiger partial charge in [0.05, 0.1) is 6.26 Å². The number of hydrogen-bond acceptors (Lipinski definition) is 4. The van der Waals surface area contributed by atoms with Gasteiger partial charge in [0.15, 0.2) is 0 Å². The van der Waals surface area contributed by atoms with Crippen molar-refractivity contribution in [3.63, 3.8) is 0 Å². The van der Waals surface area contributed by atoms with Crippen LogP contribution in [0, 0.1) is 0 Å². The van der Waals surface area contributed by atoms with Gasteiger partial charge in [0.2, 0.25) is 10.0 Å². The van der Waals surface area contributed by atoms with Crippen molar-refractivity contribution >= 4 is 21.4 Å². The van der Waals surface area contributed by atoms with Crippen LogP contribution in [0.4, 0.5) is 0 Å². The Labute approximate surface area is 130 Å². The molecule has 1 heterocycles. The average molecular weight is 324 g/mol. The van der Waals surface area contributed by atoms with Crippen LogP contribution in [0.15, 0.2) is 30.5 Å². The van der Waals surface area contributed by atoms with Crippen molar-refractivity contribution in [2.45, 2.75) is 26.3 Å². The van der Waals surface area contributed by atoms with Crippen molar-refractivity contribution in [3.05, 3.63) is 40.9 Å². The maximum atomic E-state index is 11.4. The predicted molar refractivity (Wildman–Crippen MR) is 87.9 cm³/mol. The minimum Gasteiger partial charge on any atom is -0.244 e. The van der Waals surface area contributed by atoms with Crippen molar-refractivity contribution in [2.24, 2.45) is 0 Å². The molecule has 2 aromatic rings. The van der Waals surface area contributed by atoms with E-state index >= 15 is 0 Å². The normalized spacial score (nSPS) is 12.3. The highest BCUT2D eigenvalue weighted by Crippen LogP contribution is 2.27. The van der Waals surface area contributed by atoms with Gasteiger partial charge in [-0.05, 0) is 11.5 Å². The van der Waals surface area contributed by atoms with Crippen LogP contribution in [0.2, 0.25) is 0 Å². The third-order valence-corrected chi connectivity index (χ3v) is 5.62. The van der Waals surface area contributed by atoms with E-state index in [-0.39, 0.29) is 0 Å². The van der Waals surface area contributed by atoms with E-state index in [0.717, 1.165) is 15.4 Å². The zero-order valence-electron chi connectivity index (χ0n) is 12.7. The maximum Gasteiger partial charge on any atom is 0.211 e. The van der Waals surface area contributed by atoms with Gasteiger partial charge >= 0.3 is 0 Å². The molecule has 2 rings (SSSR count). The van der Waals surface area contributed by atoms with Gasteiger partial charge in [-0.1, -0.05) is 38.1 Å². The summed E-state index contributed by atoms with van der Waals surface area (Å²) < 4.78 is 24.2. The van der Waals surface area contributed by atoms with Crippen LogP contribution in [0.5, 0.6) is 0 Å². The molecule has 0 radical (unpaired) electrons. The molecule has 0 spiro atoms. The Kier molecular flexibility index (Phi) is 4.81. The van der Waals surface area contributed by atoms with Crippen LogP contribution in [0.1, 0.15) is 30.2 Å². The van der Waals surface area contributed by atoms with Gasteiger partial charge in [0, 0.05) is 30.2 Å². The maximum absolute atomic E-state index is 11.4. The Balaban J connectivity index is 2.16. The van der Waals surface area contributed by atoms with Gasteiger partial charge in [0.25, 0.3) is 0 Å². The number of nitrogens with zero attached hydrogens (tertiary/aromatic N) is 2. The molecule has 0 atom stereocenters. The molecule has 21 heavy (non-hydrogen) atoms. The molecule has 0 aliphatic rings. The fourth-order valence-corrected chi connectivity index (χ4v) is 3.29. The predicted octanol–water partition coefficient (Wildman–Crippen LogP) is 3.32. The summed E-state index contributed by atoms with van der Waals surface area (Å²) >= 11 is 1.53. The topological polar surface area (TPSA) is 50.3 Å². The standard InChI is InChI=1S/C15H20N2O2S2/c1-11(2)12-5-7-13(8-6-12)15-16-9-14(20-15)10-17(3)21(4,18)19/h5-9,11H,10H2,1-4H3. The van der Waals surface area contributed by atoms with Crippen molar-refractivity contribution in [2.75, 3.05) is 13.3 Å². The fourth-order valence-electron chi connectivity index (χ4n) is 1.86. The highest BCUT2D eigenvalue weighted by atomic mass is 32.2. The summed E-state index contributed by atoms with van der Waals surface area (Å²) in [7, 11) is -1.58. The Hall–Kier alpha value is -1.24. The molecule has 0 saturated heterocycles. The summed E-state index contributed by atoms with van der Waals surface area (Å²) in [6.45, 7) is 4.69. The van der Waals surface area contributed by atoms with Crippen LogP contribution in [-0.4, -0.2) is 31.0 Å². The molecule has 0 aliphatic heterocycles. The van der Waals surface area contributed by atoms with Crippen molar-refractivity contribution < 1.29 is 8.42 Å². The number of thiazole rings is 1. The molecule has 0 aliphatic carbocycles. The Morgan fingerprint density at radius 3 is 2.38 bits per heavy atom. The second kappa shape index (κ2) is 6.25. The van der Waals surface area contributed by atoms with E-state index in [1.54, 1.807) is 13.2 Å². The Morgan fingerprint density at radius 1 is 1.24 bits per heavy atom. The molecule has 1 aromatic heterocycles. The zero-order chi connectivity index (χ0) is 15.6. The highest BCUT2D eigenvalue weighted by molar-refractivity contribution is 7.88. The number of aromatic nitrogens is 1. The van der Waals surface area contributed by atoms with Crippen molar-refractivity contribution in [3.8, 4) is 10.6 Å². The molecule has 0 unspecified atom stereocenters. The summed E-state index contributed by atoms with van der Waals surface area (Å²) in [5.41, 5.74) is 2.37. The average Bonchev–Trinajstić information content (AvgIpc) is 2.86. The van der Waals surface area contributed by atoms with Crippen molar-refractivity contribution in [1.82, 2.24) is 9.29 Å². The molecule has 6 heteroatoms. The lowest BCUT2D eigenvalue weighted by Crippen LogP contribution is -2.24. The Bertz CT molecular complexity index is 704. The van der Waals surface area contributed by atoms with E-state index in [0.29, 0.717) is 12.5 Å². The van der Waals surface area contributed by atoms with E-state index in [9.17, 15) is 8.42 Å².